The molecule has 1 atom stereocenters. The topological polar surface area (TPSA) is 238 Å². The Morgan fingerprint density at radius 3 is 1.26 bits per heavy atom. The van der Waals surface area contributed by atoms with Gasteiger partial charge in [-0.3, -0.25) is 27.3 Å². The van der Waals surface area contributed by atoms with Gasteiger partial charge < -0.3 is 37.3 Å². The number of hydrogen-bond acceptors (Lipinski definition) is 11. The molecule has 0 aliphatic carbocycles. The molecule has 272 valence electrons. The molecule has 0 fully saturated rings. The molecule has 1 unspecified atom stereocenters. The molecule has 0 aromatic rings. The van der Waals surface area contributed by atoms with E-state index in [1.807, 2.05) is 27.7 Å². The molecule has 43 heavy (non-hydrogen) atoms. The highest BCUT2D eigenvalue weighted by molar-refractivity contribution is 4.50. The second-order valence-corrected chi connectivity index (χ2v) is 8.86. The lowest BCUT2D eigenvalue weighted by Gasteiger charge is -2.06. The summed E-state index contributed by atoms with van der Waals surface area (Å²) in [5.41, 5.74) is 17.3. The molecular formula is C31H82FN7O4. The second-order valence-electron chi connectivity index (χ2n) is 8.86. The van der Waals surface area contributed by atoms with Crippen molar-refractivity contribution in [3.8, 4) is 0 Å². The Morgan fingerprint density at radius 1 is 0.628 bits per heavy atom. The molecule has 0 radical (unpaired) electrons. The summed E-state index contributed by atoms with van der Waals surface area (Å²) in [5.74, 6) is 13.2. The molecule has 0 aromatic carbocycles. The van der Waals surface area contributed by atoms with Crippen LogP contribution in [0.25, 0.3) is 0 Å². The van der Waals surface area contributed by atoms with Crippen LogP contribution in [0, 0.1) is 0 Å². The molecule has 0 rings (SSSR count). The molecule has 0 heterocycles. The van der Waals surface area contributed by atoms with E-state index in [0.717, 1.165) is 32.6 Å². The predicted octanol–water partition coefficient (Wildman–Crippen LogP) is 4.10. The number of unbranched alkanes of at least 4 members (excludes halogenated alkanes) is 14. The molecule has 0 amide bonds. The Labute approximate surface area is 267 Å². The van der Waals surface area contributed by atoms with Gasteiger partial charge in [0.15, 0.2) is 0 Å². The standard InChI is InChI=1S/C20H45N3O2.C4H9FO.C2H7NO.2C2H6.CH5N.H4N2/c21-20(24)16-15-19-25-18-14-12-10-8-6-4-2-1-3-5-7-9-11-13-17-23-22;5-3-1-2-4-6;3-1-2-4;4*1-2/h20,23-24H,1-19,21-22H2;6H,1-4H2;4H,1-3H2;2*1-2H3;2H2,1H3;1-2H2. The van der Waals surface area contributed by atoms with Gasteiger partial charge in [0, 0.05) is 32.9 Å². The fourth-order valence-corrected chi connectivity index (χ4v) is 3.26. The highest BCUT2D eigenvalue weighted by atomic mass is 19.1. The largest absolute Gasteiger partial charge is 0.396 e. The summed E-state index contributed by atoms with van der Waals surface area (Å²) in [6.07, 6.45) is 20.7. The van der Waals surface area contributed by atoms with Crippen molar-refractivity contribution in [2.75, 3.05) is 53.2 Å². The van der Waals surface area contributed by atoms with Gasteiger partial charge in [-0.2, -0.15) is 0 Å². The number of rotatable bonds is 25. The summed E-state index contributed by atoms with van der Waals surface area (Å²) in [6, 6.07) is 0. The molecule has 0 aliphatic rings. The Hall–Kier alpha value is -0.510. The van der Waals surface area contributed by atoms with E-state index in [9.17, 15) is 4.39 Å². The van der Waals surface area contributed by atoms with Gasteiger partial charge in [0.1, 0.15) is 6.23 Å². The fourth-order valence-electron chi connectivity index (χ4n) is 3.26. The third-order valence-corrected chi connectivity index (χ3v) is 5.32. The van der Waals surface area contributed by atoms with Crippen LogP contribution in [0.4, 0.5) is 4.39 Å². The summed E-state index contributed by atoms with van der Waals surface area (Å²) < 4.78 is 16.6. The predicted molar refractivity (Wildman–Crippen MR) is 187 cm³/mol. The van der Waals surface area contributed by atoms with Crippen LogP contribution < -0.4 is 40.2 Å². The minimum atomic E-state index is -0.687. The van der Waals surface area contributed by atoms with Gasteiger partial charge in [-0.1, -0.05) is 105 Å². The average molecular weight is 636 g/mol. The van der Waals surface area contributed by atoms with Crippen LogP contribution in [-0.4, -0.2) is 74.8 Å². The first-order valence-corrected chi connectivity index (χ1v) is 16.9. The molecule has 16 N–H and O–H groups in total. The third-order valence-electron chi connectivity index (χ3n) is 5.32. The maximum Gasteiger partial charge on any atom is 0.102 e. The van der Waals surface area contributed by atoms with E-state index in [0.29, 0.717) is 25.8 Å². The van der Waals surface area contributed by atoms with E-state index in [1.165, 1.54) is 90.5 Å². The lowest BCUT2D eigenvalue weighted by atomic mass is 10.0. The minimum absolute atomic E-state index is 0.0972. The lowest BCUT2D eigenvalue weighted by molar-refractivity contribution is 0.106. The summed E-state index contributed by atoms with van der Waals surface area (Å²) >= 11 is 0. The first kappa shape index (κ1) is 58.1. The van der Waals surface area contributed by atoms with Crippen molar-refractivity contribution < 1.29 is 24.4 Å². The quantitative estimate of drug-likeness (QED) is 0.0296. The number of nitrogens with two attached hydrogens (primary N) is 6. The molecule has 0 aromatic heterocycles. The third kappa shape index (κ3) is 99.6. The molecule has 11 nitrogen and oxygen atoms in total. The van der Waals surface area contributed by atoms with Crippen molar-refractivity contribution in [2.24, 2.45) is 34.7 Å². The summed E-state index contributed by atoms with van der Waals surface area (Å²) in [4.78, 5) is 0. The average Bonchev–Trinajstić information content (AvgIpc) is 3.06. The smallest absolute Gasteiger partial charge is 0.102 e. The van der Waals surface area contributed by atoms with Gasteiger partial charge in [-0.05, 0) is 45.6 Å². The Kier molecular flexibility index (Phi) is 106. The van der Waals surface area contributed by atoms with Crippen LogP contribution in [0.15, 0.2) is 0 Å². The van der Waals surface area contributed by atoms with Crippen molar-refractivity contribution in [2.45, 2.75) is 149 Å². The van der Waals surface area contributed by atoms with Crippen LogP contribution in [0.3, 0.4) is 0 Å². The lowest BCUT2D eigenvalue weighted by Crippen LogP contribution is -2.22. The van der Waals surface area contributed by atoms with Crippen molar-refractivity contribution in [1.29, 1.82) is 0 Å². The Morgan fingerprint density at radius 2 is 0.977 bits per heavy atom. The van der Waals surface area contributed by atoms with Gasteiger partial charge in [0.25, 0.3) is 0 Å². The number of aliphatic hydroxyl groups excluding tert-OH is 3. The first-order valence-electron chi connectivity index (χ1n) is 16.9. The number of alkyl halides is 1. The van der Waals surface area contributed by atoms with E-state index in [2.05, 4.69) is 22.8 Å². The summed E-state index contributed by atoms with van der Waals surface area (Å²) in [6.45, 7) is 10.8. The number of hydrogen-bond donors (Lipinski definition) is 10. The van der Waals surface area contributed by atoms with E-state index in [1.54, 1.807) is 0 Å². The monoisotopic (exact) mass is 636 g/mol. The van der Waals surface area contributed by atoms with Gasteiger partial charge in [0.2, 0.25) is 0 Å². The Balaban J connectivity index is -0.000000118. The van der Waals surface area contributed by atoms with E-state index in [4.69, 9.17) is 37.4 Å². The number of aliphatic hydroxyl groups is 3. The maximum absolute atomic E-state index is 11.1. The van der Waals surface area contributed by atoms with Crippen LogP contribution in [0.5, 0.6) is 0 Å². The number of nitrogens with one attached hydrogen (secondary N) is 1. The van der Waals surface area contributed by atoms with Gasteiger partial charge in [-0.15, -0.1) is 0 Å². The van der Waals surface area contributed by atoms with Crippen LogP contribution in [-0.2, 0) is 4.74 Å². The zero-order chi connectivity index (χ0) is 34.7. The molecule has 0 spiro atoms. The first-order chi connectivity index (χ1) is 21.1. The van der Waals surface area contributed by atoms with Crippen molar-refractivity contribution in [3.05, 3.63) is 0 Å². The number of halogens is 1. The molecular weight excluding hydrogens is 553 g/mol. The van der Waals surface area contributed by atoms with Crippen molar-refractivity contribution in [1.82, 2.24) is 5.43 Å². The minimum Gasteiger partial charge on any atom is -0.396 e. The molecule has 0 saturated heterocycles. The zero-order valence-electron chi connectivity index (χ0n) is 29.3. The highest BCUT2D eigenvalue weighted by Crippen LogP contribution is 2.13. The van der Waals surface area contributed by atoms with Crippen LogP contribution >= 0.6 is 0 Å². The molecule has 12 heteroatoms. The fraction of sp³-hybridized carbons (Fsp3) is 1.00. The molecule has 0 aliphatic heterocycles. The number of hydrazine groups is 2. The van der Waals surface area contributed by atoms with Crippen molar-refractivity contribution >= 4 is 0 Å². The summed E-state index contributed by atoms with van der Waals surface area (Å²) in [7, 11) is 1.50. The number of ether oxygens (including phenoxy) is 1. The van der Waals surface area contributed by atoms with Gasteiger partial charge >= 0.3 is 0 Å². The Bertz CT molecular complexity index is 339. The van der Waals surface area contributed by atoms with Gasteiger partial charge in [-0.25, -0.2) is 0 Å². The second kappa shape index (κ2) is 78.2. The molecule has 0 saturated carbocycles. The van der Waals surface area contributed by atoms with Crippen molar-refractivity contribution in [3.63, 3.8) is 0 Å². The molecule has 0 bridgehead atoms. The highest BCUT2D eigenvalue weighted by Gasteiger charge is 1.97. The zero-order valence-corrected chi connectivity index (χ0v) is 29.3. The van der Waals surface area contributed by atoms with Gasteiger partial charge in [0.05, 0.1) is 13.3 Å². The van der Waals surface area contributed by atoms with E-state index in [-0.39, 0.29) is 19.9 Å². The van der Waals surface area contributed by atoms with Crippen LogP contribution in [0.1, 0.15) is 143 Å². The maximum atomic E-state index is 11.1. The SMILES string of the molecule is CC.CC.CN.NCCO.NN.NNCCCCCCCCCCCCCCCCOCCCC(N)O.OCCCCF. The summed E-state index contributed by atoms with van der Waals surface area (Å²) in [5, 5.41) is 24.7. The normalized spacial score (nSPS) is 9.84. The van der Waals surface area contributed by atoms with Crippen LogP contribution in [0.2, 0.25) is 0 Å². The van der Waals surface area contributed by atoms with E-state index >= 15 is 0 Å². The van der Waals surface area contributed by atoms with E-state index < -0.39 is 6.23 Å².